The van der Waals surface area contributed by atoms with Crippen molar-refractivity contribution in [1.29, 1.82) is 0 Å². The second kappa shape index (κ2) is 6.02. The molecule has 1 rings (SSSR count). The van der Waals surface area contributed by atoms with Crippen LogP contribution in [-0.2, 0) is 0 Å². The standard InChI is InChI=1S/C13H18N2/c1-4-5-11-13(14-2)15(3)12-9-7-6-8-10-12/h4,6-10H,1,5,11H2,2-3H3. The van der Waals surface area contributed by atoms with E-state index >= 15 is 0 Å². The Morgan fingerprint density at radius 2 is 2.07 bits per heavy atom. The third-order valence-electron chi connectivity index (χ3n) is 2.36. The molecular weight excluding hydrogens is 184 g/mol. The Hall–Kier alpha value is -1.57. The van der Waals surface area contributed by atoms with Crippen LogP contribution >= 0.6 is 0 Å². The maximum Gasteiger partial charge on any atom is 0.103 e. The minimum absolute atomic E-state index is 0.936. The number of anilines is 1. The predicted molar refractivity (Wildman–Crippen MR) is 67.6 cm³/mol. The molecule has 0 spiro atoms. The minimum atomic E-state index is 0.936. The van der Waals surface area contributed by atoms with Crippen LogP contribution in [0, 0.1) is 0 Å². The Bertz CT molecular complexity index is 328. The lowest BCUT2D eigenvalue weighted by molar-refractivity contribution is 1.04. The van der Waals surface area contributed by atoms with Gasteiger partial charge in [-0.2, -0.15) is 0 Å². The van der Waals surface area contributed by atoms with Crippen LogP contribution in [0.15, 0.2) is 48.0 Å². The second-order valence-electron chi connectivity index (χ2n) is 3.36. The summed E-state index contributed by atoms with van der Waals surface area (Å²) in [5, 5.41) is 0. The van der Waals surface area contributed by atoms with Crippen LogP contribution in [0.2, 0.25) is 0 Å². The monoisotopic (exact) mass is 202 g/mol. The molecule has 1 aromatic rings. The van der Waals surface area contributed by atoms with Gasteiger partial charge in [0.15, 0.2) is 0 Å². The summed E-state index contributed by atoms with van der Waals surface area (Å²) in [5.74, 6) is 1.08. The molecule has 0 heterocycles. The number of rotatable bonds is 4. The first-order valence-corrected chi connectivity index (χ1v) is 5.15. The molecule has 0 aromatic heterocycles. The molecule has 0 N–H and O–H groups in total. The summed E-state index contributed by atoms with van der Waals surface area (Å²) in [6.07, 6.45) is 3.82. The van der Waals surface area contributed by atoms with Crippen LogP contribution in [0.25, 0.3) is 0 Å². The molecule has 0 radical (unpaired) electrons. The number of benzene rings is 1. The number of amidine groups is 1. The maximum absolute atomic E-state index is 4.30. The van der Waals surface area contributed by atoms with Crippen LogP contribution in [0.3, 0.4) is 0 Å². The van der Waals surface area contributed by atoms with Gasteiger partial charge in [0.1, 0.15) is 5.84 Å². The largest absolute Gasteiger partial charge is 0.333 e. The van der Waals surface area contributed by atoms with Crippen molar-refractivity contribution < 1.29 is 0 Å². The predicted octanol–water partition coefficient (Wildman–Crippen LogP) is 3.12. The summed E-state index contributed by atoms with van der Waals surface area (Å²) >= 11 is 0. The van der Waals surface area contributed by atoms with E-state index in [9.17, 15) is 0 Å². The molecule has 80 valence electrons. The third-order valence-corrected chi connectivity index (χ3v) is 2.36. The van der Waals surface area contributed by atoms with Gasteiger partial charge in [0, 0.05) is 26.2 Å². The fourth-order valence-electron chi connectivity index (χ4n) is 1.46. The SMILES string of the molecule is C=CCCC(=NC)N(C)c1ccccc1. The van der Waals surface area contributed by atoms with Gasteiger partial charge in [0.25, 0.3) is 0 Å². The lowest BCUT2D eigenvalue weighted by Crippen LogP contribution is -2.25. The van der Waals surface area contributed by atoms with Gasteiger partial charge < -0.3 is 4.90 Å². The summed E-state index contributed by atoms with van der Waals surface area (Å²) in [5.41, 5.74) is 1.17. The highest BCUT2D eigenvalue weighted by molar-refractivity contribution is 5.97. The van der Waals surface area contributed by atoms with Crippen LogP contribution in [0.5, 0.6) is 0 Å². The fraction of sp³-hybridized carbons (Fsp3) is 0.308. The molecule has 1 aromatic carbocycles. The van der Waals surface area contributed by atoms with Crippen molar-refractivity contribution in [3.63, 3.8) is 0 Å². The van der Waals surface area contributed by atoms with E-state index in [1.54, 1.807) is 0 Å². The Morgan fingerprint density at radius 3 is 2.60 bits per heavy atom. The Labute approximate surface area is 92.0 Å². The topological polar surface area (TPSA) is 15.6 Å². The molecule has 0 unspecified atom stereocenters. The molecule has 2 heteroatoms. The highest BCUT2D eigenvalue weighted by atomic mass is 15.2. The summed E-state index contributed by atoms with van der Waals surface area (Å²) in [7, 11) is 3.87. The molecular formula is C13H18N2. The number of hydrogen-bond acceptors (Lipinski definition) is 1. The Kier molecular flexibility index (Phi) is 4.61. The summed E-state index contributed by atoms with van der Waals surface area (Å²) in [6.45, 7) is 3.73. The zero-order valence-electron chi connectivity index (χ0n) is 9.48. The molecule has 0 aliphatic heterocycles. The van der Waals surface area contributed by atoms with Crippen LogP contribution < -0.4 is 4.90 Å². The van der Waals surface area contributed by atoms with Crippen LogP contribution in [0.1, 0.15) is 12.8 Å². The van der Waals surface area contributed by atoms with Gasteiger partial charge in [0.05, 0.1) is 0 Å². The van der Waals surface area contributed by atoms with Gasteiger partial charge in [-0.3, -0.25) is 4.99 Å². The average molecular weight is 202 g/mol. The number of aliphatic imine (C=N–C) groups is 1. The first kappa shape index (κ1) is 11.5. The lowest BCUT2D eigenvalue weighted by Gasteiger charge is -2.20. The number of nitrogens with zero attached hydrogens (tertiary/aromatic N) is 2. The first-order valence-electron chi connectivity index (χ1n) is 5.15. The van der Waals surface area contributed by atoms with Gasteiger partial charge in [-0.05, 0) is 18.6 Å². The van der Waals surface area contributed by atoms with E-state index in [0.29, 0.717) is 0 Å². The van der Waals surface area contributed by atoms with E-state index < -0.39 is 0 Å². The van der Waals surface area contributed by atoms with E-state index in [1.165, 1.54) is 5.69 Å². The molecule has 0 amide bonds. The van der Waals surface area contributed by atoms with Gasteiger partial charge in [-0.1, -0.05) is 24.3 Å². The highest BCUT2D eigenvalue weighted by Crippen LogP contribution is 2.13. The molecule has 2 nitrogen and oxygen atoms in total. The molecule has 0 saturated heterocycles. The van der Waals surface area contributed by atoms with E-state index in [-0.39, 0.29) is 0 Å². The van der Waals surface area contributed by atoms with E-state index in [2.05, 4.69) is 28.6 Å². The van der Waals surface area contributed by atoms with Crippen molar-refractivity contribution in [2.75, 3.05) is 19.0 Å². The highest BCUT2D eigenvalue weighted by Gasteiger charge is 2.06. The van der Waals surface area contributed by atoms with Crippen molar-refractivity contribution in [1.82, 2.24) is 0 Å². The molecule has 0 fully saturated rings. The van der Waals surface area contributed by atoms with Gasteiger partial charge in [0.2, 0.25) is 0 Å². The number of para-hydroxylation sites is 1. The third kappa shape index (κ3) is 3.24. The molecule has 0 atom stereocenters. The quantitative estimate of drug-likeness (QED) is 0.416. The van der Waals surface area contributed by atoms with Gasteiger partial charge >= 0.3 is 0 Å². The zero-order chi connectivity index (χ0) is 11.1. The Morgan fingerprint density at radius 1 is 1.40 bits per heavy atom. The van der Waals surface area contributed by atoms with E-state index in [0.717, 1.165) is 18.7 Å². The van der Waals surface area contributed by atoms with Gasteiger partial charge in [-0.25, -0.2) is 0 Å². The summed E-state index contributed by atoms with van der Waals surface area (Å²) < 4.78 is 0. The van der Waals surface area contributed by atoms with Crippen LogP contribution in [0.4, 0.5) is 5.69 Å². The van der Waals surface area contributed by atoms with Crippen molar-refractivity contribution in [2.45, 2.75) is 12.8 Å². The van der Waals surface area contributed by atoms with E-state index in [1.807, 2.05) is 38.4 Å². The van der Waals surface area contributed by atoms with Crippen molar-refractivity contribution in [2.24, 2.45) is 4.99 Å². The first-order chi connectivity index (χ1) is 7.29. The number of hydrogen-bond donors (Lipinski definition) is 0. The van der Waals surface area contributed by atoms with E-state index in [4.69, 9.17) is 0 Å². The molecule has 0 aliphatic rings. The lowest BCUT2D eigenvalue weighted by atomic mass is 10.2. The zero-order valence-corrected chi connectivity index (χ0v) is 9.48. The minimum Gasteiger partial charge on any atom is -0.333 e. The van der Waals surface area contributed by atoms with Gasteiger partial charge in [-0.15, -0.1) is 6.58 Å². The molecule has 15 heavy (non-hydrogen) atoms. The summed E-state index contributed by atoms with van der Waals surface area (Å²) in [6, 6.07) is 10.3. The maximum atomic E-state index is 4.30. The second-order valence-corrected chi connectivity index (χ2v) is 3.36. The van der Waals surface area contributed by atoms with Crippen LogP contribution in [-0.4, -0.2) is 19.9 Å². The molecule has 0 aliphatic carbocycles. The molecule has 0 saturated carbocycles. The van der Waals surface area contributed by atoms with Crippen molar-refractivity contribution in [3.8, 4) is 0 Å². The smallest absolute Gasteiger partial charge is 0.103 e. The average Bonchev–Trinajstić information content (AvgIpc) is 2.31. The van der Waals surface area contributed by atoms with Crippen molar-refractivity contribution in [3.05, 3.63) is 43.0 Å². The fourth-order valence-corrected chi connectivity index (χ4v) is 1.46. The number of allylic oxidation sites excluding steroid dienone is 1. The van der Waals surface area contributed by atoms with Crippen molar-refractivity contribution >= 4 is 11.5 Å². The normalized spacial score (nSPS) is 11.2. The molecule has 0 bridgehead atoms. The Balaban J connectivity index is 2.74. The summed E-state index contributed by atoms with van der Waals surface area (Å²) in [4.78, 5) is 6.41.